The number of hydrogen-bond acceptors (Lipinski definition) is 2. The van der Waals surface area contributed by atoms with Crippen LogP contribution in [-0.2, 0) is 6.42 Å². The van der Waals surface area contributed by atoms with Crippen molar-refractivity contribution in [2.45, 2.75) is 13.3 Å². The van der Waals surface area contributed by atoms with Crippen molar-refractivity contribution in [2.75, 3.05) is 0 Å². The summed E-state index contributed by atoms with van der Waals surface area (Å²) in [6, 6.07) is -0.206. The van der Waals surface area contributed by atoms with Crippen LogP contribution >= 0.6 is 0 Å². The fourth-order valence-corrected chi connectivity index (χ4v) is 0.708. The Morgan fingerprint density at radius 2 is 2.50 bits per heavy atom. The van der Waals surface area contributed by atoms with Crippen LogP contribution in [0.25, 0.3) is 0 Å². The van der Waals surface area contributed by atoms with Gasteiger partial charge in [0.1, 0.15) is 6.20 Å². The summed E-state index contributed by atoms with van der Waals surface area (Å²) in [5.41, 5.74) is 0.400. The first-order valence-electron chi connectivity index (χ1n) is 3.07. The van der Waals surface area contributed by atoms with Crippen molar-refractivity contribution in [3.8, 4) is 6.01 Å². The first kappa shape index (κ1) is 6.80. The lowest BCUT2D eigenvalue weighted by Crippen LogP contribution is -2.19. The molecule has 0 bridgehead atoms. The Bertz CT molecular complexity index is 279. The van der Waals surface area contributed by atoms with Crippen LogP contribution in [0.3, 0.4) is 0 Å². The summed E-state index contributed by atoms with van der Waals surface area (Å²) < 4.78 is 0. The van der Waals surface area contributed by atoms with Crippen LogP contribution in [0.15, 0.2) is 11.0 Å². The summed E-state index contributed by atoms with van der Waals surface area (Å²) >= 11 is 0. The Morgan fingerprint density at radius 1 is 1.80 bits per heavy atom. The SMILES string of the molecule is CCc1c[nH+]c(O)[nH]c1=O. The maximum Gasteiger partial charge on any atom is 0.451 e. The predicted molar refractivity (Wildman–Crippen MR) is 34.7 cm³/mol. The molecule has 0 fully saturated rings. The van der Waals surface area contributed by atoms with Crippen LogP contribution in [0.4, 0.5) is 0 Å². The predicted octanol–water partition coefficient (Wildman–Crippen LogP) is -0.543. The van der Waals surface area contributed by atoms with E-state index in [-0.39, 0.29) is 11.6 Å². The van der Waals surface area contributed by atoms with Crippen LogP contribution in [0.2, 0.25) is 0 Å². The van der Waals surface area contributed by atoms with Crippen molar-refractivity contribution < 1.29 is 10.1 Å². The Morgan fingerprint density at radius 3 is 3.00 bits per heavy atom. The zero-order chi connectivity index (χ0) is 7.56. The average Bonchev–Trinajstić information content (AvgIpc) is 1.88. The van der Waals surface area contributed by atoms with Gasteiger partial charge in [0, 0.05) is 0 Å². The molecule has 0 radical (unpaired) electrons. The molecule has 0 aliphatic carbocycles. The van der Waals surface area contributed by atoms with Gasteiger partial charge in [-0.2, -0.15) is 4.98 Å². The first-order valence-corrected chi connectivity index (χ1v) is 3.07. The molecular weight excluding hydrogens is 132 g/mol. The molecule has 0 aromatic carbocycles. The van der Waals surface area contributed by atoms with E-state index in [1.807, 2.05) is 6.92 Å². The summed E-state index contributed by atoms with van der Waals surface area (Å²) in [6.45, 7) is 1.87. The highest BCUT2D eigenvalue weighted by Gasteiger charge is 2.03. The molecule has 1 aromatic rings. The third kappa shape index (κ3) is 1.15. The highest BCUT2D eigenvalue weighted by atomic mass is 16.3. The van der Waals surface area contributed by atoms with E-state index in [9.17, 15) is 4.79 Å². The molecule has 0 saturated heterocycles. The minimum absolute atomic E-state index is 0.206. The Kier molecular flexibility index (Phi) is 1.71. The van der Waals surface area contributed by atoms with E-state index in [1.165, 1.54) is 6.20 Å². The molecule has 1 rings (SSSR count). The van der Waals surface area contributed by atoms with E-state index >= 15 is 0 Å². The minimum atomic E-state index is -0.237. The van der Waals surface area contributed by atoms with Gasteiger partial charge in [0.05, 0.1) is 5.56 Å². The minimum Gasteiger partial charge on any atom is -0.446 e. The second-order valence-corrected chi connectivity index (χ2v) is 1.97. The molecule has 0 saturated carbocycles. The van der Waals surface area contributed by atoms with E-state index in [2.05, 4.69) is 9.97 Å². The maximum atomic E-state index is 10.8. The van der Waals surface area contributed by atoms with Gasteiger partial charge >= 0.3 is 11.6 Å². The molecule has 0 spiro atoms. The Hall–Kier alpha value is -1.32. The lowest BCUT2D eigenvalue weighted by atomic mass is 10.3. The fourth-order valence-electron chi connectivity index (χ4n) is 0.708. The largest absolute Gasteiger partial charge is 0.451 e. The summed E-state index contributed by atoms with van der Waals surface area (Å²) in [5, 5.41) is 8.72. The Balaban J connectivity index is 3.20. The third-order valence-corrected chi connectivity index (χ3v) is 1.29. The molecule has 4 nitrogen and oxygen atoms in total. The first-order chi connectivity index (χ1) is 4.74. The van der Waals surface area contributed by atoms with Gasteiger partial charge in [-0.25, -0.2) is 9.78 Å². The van der Waals surface area contributed by atoms with Crippen molar-refractivity contribution in [3.63, 3.8) is 0 Å². The lowest BCUT2D eigenvalue weighted by molar-refractivity contribution is -0.400. The fraction of sp³-hybridized carbons (Fsp3) is 0.333. The molecule has 1 aromatic heterocycles. The van der Waals surface area contributed by atoms with E-state index in [0.717, 1.165) is 0 Å². The van der Waals surface area contributed by atoms with Gasteiger partial charge in [-0.3, -0.25) is 0 Å². The van der Waals surface area contributed by atoms with Crippen molar-refractivity contribution >= 4 is 0 Å². The van der Waals surface area contributed by atoms with Gasteiger partial charge in [0.15, 0.2) is 0 Å². The highest BCUT2D eigenvalue weighted by Crippen LogP contribution is 1.88. The number of hydrogen-bond donors (Lipinski definition) is 2. The number of nitrogens with one attached hydrogen (secondary N) is 2. The molecule has 0 aliphatic heterocycles. The molecule has 54 valence electrons. The lowest BCUT2D eigenvalue weighted by Gasteiger charge is -1.86. The van der Waals surface area contributed by atoms with Crippen molar-refractivity contribution in [2.24, 2.45) is 0 Å². The number of aryl methyl sites for hydroxylation is 1. The van der Waals surface area contributed by atoms with Crippen LogP contribution in [-0.4, -0.2) is 10.1 Å². The molecule has 4 heteroatoms. The summed E-state index contributed by atoms with van der Waals surface area (Å²) in [7, 11) is 0. The smallest absolute Gasteiger partial charge is 0.446 e. The molecule has 0 amide bonds. The topological polar surface area (TPSA) is 67.2 Å². The van der Waals surface area contributed by atoms with Gasteiger partial charge in [-0.1, -0.05) is 6.92 Å². The third-order valence-electron chi connectivity index (χ3n) is 1.29. The van der Waals surface area contributed by atoms with Crippen molar-refractivity contribution in [1.82, 2.24) is 4.98 Å². The molecule has 0 atom stereocenters. The monoisotopic (exact) mass is 141 g/mol. The van der Waals surface area contributed by atoms with Gasteiger partial charge in [-0.15, -0.1) is 0 Å². The summed E-state index contributed by atoms with van der Waals surface area (Å²) in [6.07, 6.45) is 2.15. The van der Waals surface area contributed by atoms with Gasteiger partial charge in [0.25, 0.3) is 0 Å². The van der Waals surface area contributed by atoms with Gasteiger partial charge < -0.3 is 5.11 Å². The van der Waals surface area contributed by atoms with Gasteiger partial charge in [-0.05, 0) is 6.42 Å². The van der Waals surface area contributed by atoms with E-state index in [0.29, 0.717) is 12.0 Å². The summed E-state index contributed by atoms with van der Waals surface area (Å²) in [4.78, 5) is 15.6. The van der Waals surface area contributed by atoms with E-state index in [4.69, 9.17) is 5.11 Å². The molecule has 0 aliphatic rings. The second kappa shape index (κ2) is 2.51. The molecule has 1 heterocycles. The molecule has 10 heavy (non-hydrogen) atoms. The zero-order valence-electron chi connectivity index (χ0n) is 5.64. The van der Waals surface area contributed by atoms with Crippen LogP contribution < -0.4 is 10.5 Å². The Labute approximate surface area is 57.6 Å². The maximum absolute atomic E-state index is 10.8. The number of H-pyrrole nitrogens is 2. The average molecular weight is 141 g/mol. The normalized spacial score (nSPS) is 9.70. The summed E-state index contributed by atoms with van der Waals surface area (Å²) in [5.74, 6) is 0. The highest BCUT2D eigenvalue weighted by molar-refractivity contribution is 5.01. The van der Waals surface area contributed by atoms with Crippen LogP contribution in [0.1, 0.15) is 12.5 Å². The number of aromatic amines is 2. The number of aromatic nitrogens is 2. The van der Waals surface area contributed by atoms with E-state index in [1.54, 1.807) is 0 Å². The molecule has 3 N–H and O–H groups in total. The molecular formula is C6H9N2O2+. The standard InChI is InChI=1S/C6H8N2O2/c1-2-4-3-7-6(10)8-5(4)9/h3H,2H2,1H3,(H2,7,8,9,10)/p+1. The number of rotatable bonds is 1. The van der Waals surface area contributed by atoms with Crippen LogP contribution in [0, 0.1) is 0 Å². The van der Waals surface area contributed by atoms with Crippen molar-refractivity contribution in [1.29, 1.82) is 0 Å². The van der Waals surface area contributed by atoms with Crippen molar-refractivity contribution in [3.05, 3.63) is 22.1 Å². The van der Waals surface area contributed by atoms with Crippen LogP contribution in [0.5, 0.6) is 6.01 Å². The van der Waals surface area contributed by atoms with E-state index < -0.39 is 0 Å². The number of aromatic hydroxyl groups is 1. The molecule has 0 unspecified atom stereocenters. The second-order valence-electron chi connectivity index (χ2n) is 1.97. The quantitative estimate of drug-likeness (QED) is 0.551. The van der Waals surface area contributed by atoms with Gasteiger partial charge in [0.2, 0.25) is 0 Å². The zero-order valence-corrected chi connectivity index (χ0v) is 5.64.